The monoisotopic (exact) mass is 328 g/mol. The molecule has 0 amide bonds. The Kier molecular flexibility index (Phi) is 2.76. The van der Waals surface area contributed by atoms with Gasteiger partial charge in [0, 0.05) is 29.1 Å². The van der Waals surface area contributed by atoms with Crippen molar-refractivity contribution < 1.29 is 8.42 Å². The summed E-state index contributed by atoms with van der Waals surface area (Å²) in [5, 5.41) is 0.740. The highest BCUT2D eigenvalue weighted by atomic mass is 79.9. The Hall–Kier alpha value is -0.850. The van der Waals surface area contributed by atoms with Gasteiger partial charge in [0.2, 0.25) is 10.0 Å². The number of para-hydroxylation sites is 1. The fourth-order valence-electron chi connectivity index (χ4n) is 2.28. The summed E-state index contributed by atoms with van der Waals surface area (Å²) in [5.74, 6) is 0.455. The zero-order valence-electron chi connectivity index (χ0n) is 9.85. The molecule has 1 saturated heterocycles. The lowest BCUT2D eigenvalue weighted by Crippen LogP contribution is -2.48. The summed E-state index contributed by atoms with van der Waals surface area (Å²) < 4.78 is 27.3. The number of rotatable bonds is 2. The highest BCUT2D eigenvalue weighted by Gasteiger charge is 2.35. The van der Waals surface area contributed by atoms with E-state index in [0.29, 0.717) is 23.9 Å². The van der Waals surface area contributed by atoms with Gasteiger partial charge in [0.1, 0.15) is 4.90 Å². The first kappa shape index (κ1) is 12.2. The van der Waals surface area contributed by atoms with E-state index in [-0.39, 0.29) is 0 Å². The highest BCUT2D eigenvalue weighted by molar-refractivity contribution is 9.10. The van der Waals surface area contributed by atoms with Gasteiger partial charge < -0.3 is 4.98 Å². The average molecular weight is 329 g/mol. The molecule has 4 nitrogen and oxygen atoms in total. The number of hydrogen-bond donors (Lipinski definition) is 1. The van der Waals surface area contributed by atoms with E-state index in [4.69, 9.17) is 0 Å². The summed E-state index contributed by atoms with van der Waals surface area (Å²) in [4.78, 5) is 3.39. The molecule has 18 heavy (non-hydrogen) atoms. The first-order valence-electron chi connectivity index (χ1n) is 5.76. The number of sulfonamides is 1. The number of nitrogens with zero attached hydrogens (tertiary/aromatic N) is 1. The van der Waals surface area contributed by atoms with Gasteiger partial charge in [0.05, 0.1) is 5.52 Å². The number of aromatic nitrogens is 1. The van der Waals surface area contributed by atoms with Gasteiger partial charge in [-0.1, -0.05) is 19.1 Å². The molecule has 1 aromatic carbocycles. The topological polar surface area (TPSA) is 53.2 Å². The predicted octanol–water partition coefficient (Wildman–Crippen LogP) is 2.57. The highest BCUT2D eigenvalue weighted by Crippen LogP contribution is 2.32. The minimum absolute atomic E-state index is 0.366. The second kappa shape index (κ2) is 4.08. The summed E-state index contributed by atoms with van der Waals surface area (Å²) in [6.07, 6.45) is 1.58. The van der Waals surface area contributed by atoms with E-state index < -0.39 is 10.0 Å². The quantitative estimate of drug-likeness (QED) is 0.921. The first-order chi connectivity index (χ1) is 8.50. The Morgan fingerprint density at radius 1 is 1.39 bits per heavy atom. The zero-order chi connectivity index (χ0) is 12.9. The molecule has 0 spiro atoms. The van der Waals surface area contributed by atoms with E-state index >= 15 is 0 Å². The number of H-pyrrole nitrogens is 1. The maximum absolute atomic E-state index is 12.4. The molecule has 2 aromatic rings. The second-order valence-electron chi connectivity index (χ2n) is 4.74. The van der Waals surface area contributed by atoms with Crippen LogP contribution in [0.15, 0.2) is 33.8 Å². The lowest BCUT2D eigenvalue weighted by Gasteiger charge is -2.35. The van der Waals surface area contributed by atoms with Crippen molar-refractivity contribution in [2.75, 3.05) is 13.1 Å². The van der Waals surface area contributed by atoms with Gasteiger partial charge in [0.15, 0.2) is 0 Å². The molecular formula is C12H13BrN2O2S. The Labute approximate surface area is 114 Å². The molecule has 1 N–H and O–H groups in total. The molecule has 0 bridgehead atoms. The number of fused-ring (bicyclic) bond motifs is 1. The SMILES string of the molecule is CC1CN(S(=O)(=O)c2c[nH]c3c(Br)cccc23)C1. The van der Waals surface area contributed by atoms with E-state index in [9.17, 15) is 8.42 Å². The summed E-state index contributed by atoms with van der Waals surface area (Å²) >= 11 is 3.41. The molecule has 96 valence electrons. The fraction of sp³-hybridized carbons (Fsp3) is 0.333. The smallest absolute Gasteiger partial charge is 0.245 e. The predicted molar refractivity (Wildman–Crippen MR) is 73.9 cm³/mol. The number of benzene rings is 1. The van der Waals surface area contributed by atoms with Crippen LogP contribution in [0.4, 0.5) is 0 Å². The van der Waals surface area contributed by atoms with Gasteiger partial charge in [0.25, 0.3) is 0 Å². The maximum atomic E-state index is 12.4. The van der Waals surface area contributed by atoms with Crippen molar-refractivity contribution in [2.45, 2.75) is 11.8 Å². The second-order valence-corrected chi connectivity index (χ2v) is 7.50. The Balaban J connectivity index is 2.12. The van der Waals surface area contributed by atoms with Crippen molar-refractivity contribution in [3.8, 4) is 0 Å². The van der Waals surface area contributed by atoms with Crippen LogP contribution in [0, 0.1) is 5.92 Å². The van der Waals surface area contributed by atoms with Crippen molar-refractivity contribution in [3.05, 3.63) is 28.9 Å². The van der Waals surface area contributed by atoms with Crippen LogP contribution in [0.3, 0.4) is 0 Å². The molecule has 1 aromatic heterocycles. The van der Waals surface area contributed by atoms with Crippen LogP contribution in [-0.2, 0) is 10.0 Å². The van der Waals surface area contributed by atoms with Crippen molar-refractivity contribution in [2.24, 2.45) is 5.92 Å². The van der Waals surface area contributed by atoms with Gasteiger partial charge >= 0.3 is 0 Å². The van der Waals surface area contributed by atoms with Crippen LogP contribution in [0.5, 0.6) is 0 Å². The van der Waals surface area contributed by atoms with E-state index in [1.165, 1.54) is 4.31 Å². The fourth-order valence-corrected chi connectivity index (χ4v) is 4.60. The van der Waals surface area contributed by atoms with Gasteiger partial charge in [-0.05, 0) is 27.9 Å². The first-order valence-corrected chi connectivity index (χ1v) is 7.99. The van der Waals surface area contributed by atoms with Crippen LogP contribution >= 0.6 is 15.9 Å². The minimum atomic E-state index is -3.35. The van der Waals surface area contributed by atoms with E-state index in [1.54, 1.807) is 6.20 Å². The van der Waals surface area contributed by atoms with Gasteiger partial charge in [-0.3, -0.25) is 0 Å². The molecule has 2 heterocycles. The largest absolute Gasteiger partial charge is 0.359 e. The Bertz CT molecular complexity index is 702. The number of halogens is 1. The minimum Gasteiger partial charge on any atom is -0.359 e. The van der Waals surface area contributed by atoms with Crippen LogP contribution in [0.25, 0.3) is 10.9 Å². The third-order valence-electron chi connectivity index (χ3n) is 3.28. The summed E-state index contributed by atoms with van der Waals surface area (Å²) in [6, 6.07) is 5.56. The molecule has 3 rings (SSSR count). The summed E-state index contributed by atoms with van der Waals surface area (Å²) in [7, 11) is -3.35. The van der Waals surface area contributed by atoms with E-state index in [2.05, 4.69) is 27.8 Å². The molecule has 0 radical (unpaired) electrons. The molecule has 0 atom stereocenters. The molecule has 6 heteroatoms. The third kappa shape index (κ3) is 1.71. The van der Waals surface area contributed by atoms with Crippen molar-refractivity contribution >= 4 is 36.9 Å². The average Bonchev–Trinajstić information content (AvgIpc) is 2.70. The van der Waals surface area contributed by atoms with E-state index in [0.717, 1.165) is 15.4 Å². The molecule has 0 unspecified atom stereocenters. The van der Waals surface area contributed by atoms with Crippen LogP contribution < -0.4 is 0 Å². The number of nitrogens with one attached hydrogen (secondary N) is 1. The molecule has 0 saturated carbocycles. The summed E-state index contributed by atoms with van der Waals surface area (Å²) in [6.45, 7) is 3.28. The lowest BCUT2D eigenvalue weighted by atomic mass is 10.1. The van der Waals surface area contributed by atoms with Crippen LogP contribution in [0.1, 0.15) is 6.92 Å². The summed E-state index contributed by atoms with van der Waals surface area (Å²) in [5.41, 5.74) is 0.824. The molecule has 0 aliphatic carbocycles. The molecule has 1 fully saturated rings. The Morgan fingerprint density at radius 3 is 2.78 bits per heavy atom. The number of aromatic amines is 1. The van der Waals surface area contributed by atoms with Gasteiger partial charge in [-0.2, -0.15) is 4.31 Å². The zero-order valence-corrected chi connectivity index (χ0v) is 12.3. The standard InChI is InChI=1S/C12H13BrN2O2S/c1-8-6-15(7-8)18(16,17)11-5-14-12-9(11)3-2-4-10(12)13/h2-5,8,14H,6-7H2,1H3. The normalized spacial score (nSPS) is 18.1. The maximum Gasteiger partial charge on any atom is 0.245 e. The van der Waals surface area contributed by atoms with Crippen LogP contribution in [0.2, 0.25) is 0 Å². The lowest BCUT2D eigenvalue weighted by molar-refractivity contribution is 0.218. The van der Waals surface area contributed by atoms with Gasteiger partial charge in [-0.25, -0.2) is 8.42 Å². The third-order valence-corrected chi connectivity index (χ3v) is 5.81. The van der Waals surface area contributed by atoms with Crippen molar-refractivity contribution in [1.29, 1.82) is 0 Å². The van der Waals surface area contributed by atoms with Gasteiger partial charge in [-0.15, -0.1) is 0 Å². The molecule has 1 aliphatic heterocycles. The molecule has 1 aliphatic rings. The molecular weight excluding hydrogens is 316 g/mol. The van der Waals surface area contributed by atoms with Crippen molar-refractivity contribution in [1.82, 2.24) is 9.29 Å². The van der Waals surface area contributed by atoms with Crippen LogP contribution in [-0.4, -0.2) is 30.8 Å². The van der Waals surface area contributed by atoms with Crippen molar-refractivity contribution in [3.63, 3.8) is 0 Å². The number of hydrogen-bond acceptors (Lipinski definition) is 2. The Morgan fingerprint density at radius 2 is 2.11 bits per heavy atom. The van der Waals surface area contributed by atoms with E-state index in [1.807, 2.05) is 18.2 Å².